The molecule has 0 radical (unpaired) electrons. The summed E-state index contributed by atoms with van der Waals surface area (Å²) in [6.07, 6.45) is 2.38. The van der Waals surface area contributed by atoms with Crippen LogP contribution in [0.1, 0.15) is 12.0 Å². The SMILES string of the molecule is Cc1ccc(S(=O)(=O)N2CCC(CO)C2)c2cccnc12. The van der Waals surface area contributed by atoms with Crippen LogP contribution >= 0.6 is 0 Å². The zero-order valence-electron chi connectivity index (χ0n) is 11.9. The van der Waals surface area contributed by atoms with Gasteiger partial charge in [0, 0.05) is 31.3 Å². The molecule has 1 aliphatic rings. The number of pyridine rings is 1. The number of aliphatic hydroxyl groups excluding tert-OH is 1. The molecule has 0 aliphatic carbocycles. The topological polar surface area (TPSA) is 70.5 Å². The van der Waals surface area contributed by atoms with Crippen molar-refractivity contribution < 1.29 is 13.5 Å². The number of aryl methyl sites for hydroxylation is 1. The van der Waals surface area contributed by atoms with E-state index in [9.17, 15) is 13.5 Å². The lowest BCUT2D eigenvalue weighted by molar-refractivity contribution is 0.233. The maximum atomic E-state index is 12.8. The van der Waals surface area contributed by atoms with Gasteiger partial charge in [-0.2, -0.15) is 4.31 Å². The van der Waals surface area contributed by atoms with E-state index in [4.69, 9.17) is 0 Å². The van der Waals surface area contributed by atoms with Crippen LogP contribution in [0.4, 0.5) is 0 Å². The van der Waals surface area contributed by atoms with Crippen LogP contribution in [-0.2, 0) is 10.0 Å². The standard InChI is InChI=1S/C15H18N2O3S/c1-11-4-5-14(13-3-2-7-16-15(11)13)21(19,20)17-8-6-12(9-17)10-18/h2-5,7,12,18H,6,8-10H2,1H3. The molecule has 21 heavy (non-hydrogen) atoms. The fourth-order valence-corrected chi connectivity index (χ4v) is 4.53. The first-order valence-electron chi connectivity index (χ1n) is 6.99. The number of sulfonamides is 1. The number of fused-ring (bicyclic) bond motifs is 1. The summed E-state index contributed by atoms with van der Waals surface area (Å²) in [4.78, 5) is 4.59. The van der Waals surface area contributed by atoms with Gasteiger partial charge >= 0.3 is 0 Å². The lowest BCUT2D eigenvalue weighted by Gasteiger charge is -2.18. The summed E-state index contributed by atoms with van der Waals surface area (Å²) in [7, 11) is -3.54. The van der Waals surface area contributed by atoms with Crippen LogP contribution in [0.15, 0.2) is 35.4 Å². The van der Waals surface area contributed by atoms with Gasteiger partial charge in [0.05, 0.1) is 10.4 Å². The summed E-state index contributed by atoms with van der Waals surface area (Å²) in [5.41, 5.74) is 1.68. The summed E-state index contributed by atoms with van der Waals surface area (Å²) in [5.74, 6) is 0.0367. The molecule has 5 nitrogen and oxygen atoms in total. The Labute approximate surface area is 124 Å². The summed E-state index contributed by atoms with van der Waals surface area (Å²) in [6.45, 7) is 2.79. The third kappa shape index (κ3) is 2.43. The lowest BCUT2D eigenvalue weighted by atomic mass is 10.1. The van der Waals surface area contributed by atoms with E-state index in [2.05, 4.69) is 4.98 Å². The second kappa shape index (κ2) is 5.36. The van der Waals surface area contributed by atoms with Gasteiger partial charge in [0.25, 0.3) is 0 Å². The van der Waals surface area contributed by atoms with Gasteiger partial charge in [-0.05, 0) is 43.0 Å². The van der Waals surface area contributed by atoms with Gasteiger partial charge in [-0.1, -0.05) is 6.07 Å². The average molecular weight is 306 g/mol. The molecule has 0 amide bonds. The van der Waals surface area contributed by atoms with Crippen molar-refractivity contribution in [3.63, 3.8) is 0 Å². The first-order valence-corrected chi connectivity index (χ1v) is 8.43. The maximum Gasteiger partial charge on any atom is 0.243 e. The summed E-state index contributed by atoms with van der Waals surface area (Å²) in [5, 5.41) is 9.85. The highest BCUT2D eigenvalue weighted by atomic mass is 32.2. The second-order valence-electron chi connectivity index (χ2n) is 5.48. The van der Waals surface area contributed by atoms with Gasteiger partial charge in [-0.3, -0.25) is 4.98 Å². The van der Waals surface area contributed by atoms with Crippen LogP contribution in [0.3, 0.4) is 0 Å². The molecule has 2 aromatic rings. The van der Waals surface area contributed by atoms with Crippen LogP contribution < -0.4 is 0 Å². The van der Waals surface area contributed by atoms with Crippen molar-refractivity contribution in [3.8, 4) is 0 Å². The molecule has 1 atom stereocenters. The monoisotopic (exact) mass is 306 g/mol. The molecule has 1 aromatic carbocycles. The van der Waals surface area contributed by atoms with E-state index in [1.807, 2.05) is 6.92 Å². The number of rotatable bonds is 3. The number of aliphatic hydroxyl groups is 1. The van der Waals surface area contributed by atoms with Crippen LogP contribution in [-0.4, -0.2) is 42.5 Å². The Morgan fingerprint density at radius 3 is 2.90 bits per heavy atom. The fourth-order valence-electron chi connectivity index (χ4n) is 2.82. The minimum absolute atomic E-state index is 0.0300. The Bertz CT molecular complexity index is 774. The molecule has 1 unspecified atom stereocenters. The van der Waals surface area contributed by atoms with E-state index in [1.54, 1.807) is 30.5 Å². The van der Waals surface area contributed by atoms with Crippen molar-refractivity contribution in [3.05, 3.63) is 36.0 Å². The van der Waals surface area contributed by atoms with E-state index < -0.39 is 10.0 Å². The molecule has 6 heteroatoms. The van der Waals surface area contributed by atoms with E-state index in [1.165, 1.54) is 4.31 Å². The predicted molar refractivity (Wildman–Crippen MR) is 80.4 cm³/mol. The minimum Gasteiger partial charge on any atom is -0.396 e. The van der Waals surface area contributed by atoms with Crippen molar-refractivity contribution in [2.24, 2.45) is 5.92 Å². The van der Waals surface area contributed by atoms with Gasteiger partial charge in [0.1, 0.15) is 0 Å². The molecular formula is C15H18N2O3S. The van der Waals surface area contributed by atoms with Crippen LogP contribution in [0.5, 0.6) is 0 Å². The minimum atomic E-state index is -3.54. The summed E-state index contributed by atoms with van der Waals surface area (Å²) < 4.78 is 27.1. The van der Waals surface area contributed by atoms with E-state index in [-0.39, 0.29) is 12.5 Å². The van der Waals surface area contributed by atoms with Crippen LogP contribution in [0.2, 0.25) is 0 Å². The Kier molecular flexibility index (Phi) is 3.69. The molecule has 0 bridgehead atoms. The maximum absolute atomic E-state index is 12.8. The van der Waals surface area contributed by atoms with E-state index in [0.717, 1.165) is 11.1 Å². The number of nitrogens with zero attached hydrogens (tertiary/aromatic N) is 2. The highest BCUT2D eigenvalue weighted by molar-refractivity contribution is 7.89. The van der Waals surface area contributed by atoms with Gasteiger partial charge in [0.2, 0.25) is 10.0 Å². The molecular weight excluding hydrogens is 288 g/mol. The Morgan fingerprint density at radius 1 is 1.38 bits per heavy atom. The third-order valence-corrected chi connectivity index (χ3v) is 5.98. The second-order valence-corrected chi connectivity index (χ2v) is 7.39. The van der Waals surface area contributed by atoms with Crippen molar-refractivity contribution in [1.29, 1.82) is 0 Å². The number of aromatic nitrogens is 1. The van der Waals surface area contributed by atoms with Crippen LogP contribution in [0.25, 0.3) is 10.9 Å². The van der Waals surface area contributed by atoms with Crippen molar-refractivity contribution in [2.45, 2.75) is 18.2 Å². The fraction of sp³-hybridized carbons (Fsp3) is 0.400. The van der Waals surface area contributed by atoms with E-state index >= 15 is 0 Å². The third-order valence-electron chi connectivity index (χ3n) is 4.06. The van der Waals surface area contributed by atoms with Crippen LogP contribution in [0, 0.1) is 12.8 Å². The lowest BCUT2D eigenvalue weighted by Crippen LogP contribution is -2.29. The van der Waals surface area contributed by atoms with Gasteiger partial charge in [-0.25, -0.2) is 8.42 Å². The largest absolute Gasteiger partial charge is 0.396 e. The molecule has 1 N–H and O–H groups in total. The first-order chi connectivity index (χ1) is 10.0. The zero-order valence-corrected chi connectivity index (χ0v) is 12.7. The first kappa shape index (κ1) is 14.4. The van der Waals surface area contributed by atoms with Crippen molar-refractivity contribution in [1.82, 2.24) is 9.29 Å². The molecule has 2 heterocycles. The smallest absolute Gasteiger partial charge is 0.243 e. The van der Waals surface area contributed by atoms with Gasteiger partial charge in [0.15, 0.2) is 0 Å². The van der Waals surface area contributed by atoms with Crippen molar-refractivity contribution in [2.75, 3.05) is 19.7 Å². The number of hydrogen-bond donors (Lipinski definition) is 1. The highest BCUT2D eigenvalue weighted by Gasteiger charge is 2.33. The molecule has 0 saturated carbocycles. The molecule has 112 valence electrons. The Morgan fingerprint density at radius 2 is 2.19 bits per heavy atom. The van der Waals surface area contributed by atoms with E-state index in [0.29, 0.717) is 29.8 Å². The molecule has 0 spiro atoms. The summed E-state index contributed by atoms with van der Waals surface area (Å²) >= 11 is 0. The average Bonchev–Trinajstić information content (AvgIpc) is 2.97. The highest BCUT2D eigenvalue weighted by Crippen LogP contribution is 2.29. The van der Waals surface area contributed by atoms with Gasteiger partial charge < -0.3 is 5.11 Å². The normalized spacial score (nSPS) is 20.2. The van der Waals surface area contributed by atoms with Gasteiger partial charge in [-0.15, -0.1) is 0 Å². The van der Waals surface area contributed by atoms with Crippen molar-refractivity contribution >= 4 is 20.9 Å². The summed E-state index contributed by atoms with van der Waals surface area (Å²) in [6, 6.07) is 6.99. The quantitative estimate of drug-likeness (QED) is 0.934. The number of hydrogen-bond acceptors (Lipinski definition) is 4. The Balaban J connectivity index is 2.10. The zero-order chi connectivity index (χ0) is 15.0. The molecule has 3 rings (SSSR count). The predicted octanol–water partition coefficient (Wildman–Crippen LogP) is 1.55. The molecule has 1 saturated heterocycles. The number of benzene rings is 1. The molecule has 1 fully saturated rings. The Hall–Kier alpha value is -1.50. The molecule has 1 aliphatic heterocycles. The molecule has 1 aromatic heterocycles.